The van der Waals surface area contributed by atoms with E-state index >= 15 is 0 Å². The number of ketones is 1. The number of Topliss-reactive ketones (excluding diaryl/α,β-unsaturated/α-hetero) is 1. The third kappa shape index (κ3) is 2.52. The lowest BCUT2D eigenvalue weighted by molar-refractivity contribution is -0.386. The Bertz CT molecular complexity index is 467. The summed E-state index contributed by atoms with van der Waals surface area (Å²) in [5, 5.41) is 20.2. The standard InChI is InChI=1S/C11H13NO5/c1-6(2)10(13)7-4-8(12(15)16)11(14)9(5-7)17-3/h4-6,14H,1-3H3. The molecule has 1 aromatic carbocycles. The topological polar surface area (TPSA) is 89.7 Å². The number of nitrogens with zero attached hydrogens (tertiary/aromatic N) is 1. The number of aromatic hydroxyl groups is 1. The molecule has 1 N–H and O–H groups in total. The van der Waals surface area contributed by atoms with E-state index in [0.717, 1.165) is 6.07 Å². The maximum absolute atomic E-state index is 11.7. The van der Waals surface area contributed by atoms with Crippen molar-refractivity contribution >= 4 is 11.5 Å². The first-order valence-electron chi connectivity index (χ1n) is 4.98. The zero-order chi connectivity index (χ0) is 13.2. The highest BCUT2D eigenvalue weighted by Gasteiger charge is 2.23. The van der Waals surface area contributed by atoms with Crippen LogP contribution in [0.2, 0.25) is 0 Å². The third-order valence-corrected chi connectivity index (χ3v) is 2.28. The monoisotopic (exact) mass is 239 g/mol. The van der Waals surface area contributed by atoms with Crippen molar-refractivity contribution < 1.29 is 19.6 Å². The van der Waals surface area contributed by atoms with E-state index in [-0.39, 0.29) is 23.0 Å². The van der Waals surface area contributed by atoms with E-state index in [2.05, 4.69) is 0 Å². The van der Waals surface area contributed by atoms with E-state index in [4.69, 9.17) is 4.74 Å². The van der Waals surface area contributed by atoms with Gasteiger partial charge in [0.05, 0.1) is 12.0 Å². The van der Waals surface area contributed by atoms with Gasteiger partial charge in [-0.15, -0.1) is 0 Å². The Labute approximate surface area is 98.0 Å². The van der Waals surface area contributed by atoms with Gasteiger partial charge in [0.25, 0.3) is 0 Å². The molecule has 0 radical (unpaired) electrons. The average Bonchev–Trinajstić information content (AvgIpc) is 2.27. The van der Waals surface area contributed by atoms with Gasteiger partial charge in [0.2, 0.25) is 5.75 Å². The van der Waals surface area contributed by atoms with Crippen molar-refractivity contribution in [2.75, 3.05) is 7.11 Å². The summed E-state index contributed by atoms with van der Waals surface area (Å²) < 4.78 is 4.80. The van der Waals surface area contributed by atoms with Crippen LogP contribution in [0.25, 0.3) is 0 Å². The van der Waals surface area contributed by atoms with Crippen LogP contribution in [0.1, 0.15) is 24.2 Å². The average molecular weight is 239 g/mol. The minimum absolute atomic E-state index is 0.0804. The lowest BCUT2D eigenvalue weighted by Gasteiger charge is -2.08. The van der Waals surface area contributed by atoms with Gasteiger partial charge in [0, 0.05) is 17.5 Å². The Morgan fingerprint density at radius 3 is 2.47 bits per heavy atom. The summed E-state index contributed by atoms with van der Waals surface area (Å²) in [6.07, 6.45) is 0. The molecule has 1 aromatic rings. The normalized spacial score (nSPS) is 10.4. The first-order chi connectivity index (χ1) is 7.88. The highest BCUT2D eigenvalue weighted by molar-refractivity contribution is 5.98. The molecule has 0 unspecified atom stereocenters. The fourth-order valence-electron chi connectivity index (χ4n) is 1.36. The molecule has 0 spiro atoms. The summed E-state index contributed by atoms with van der Waals surface area (Å²) >= 11 is 0. The van der Waals surface area contributed by atoms with E-state index in [1.807, 2.05) is 0 Å². The Morgan fingerprint density at radius 1 is 1.47 bits per heavy atom. The van der Waals surface area contributed by atoms with Crippen molar-refractivity contribution in [3.8, 4) is 11.5 Å². The molecule has 0 fully saturated rings. The second-order valence-corrected chi connectivity index (χ2v) is 3.82. The summed E-state index contributed by atoms with van der Waals surface area (Å²) in [5.74, 6) is -1.18. The molecule has 0 atom stereocenters. The Hall–Kier alpha value is -2.11. The maximum Gasteiger partial charge on any atom is 0.315 e. The van der Waals surface area contributed by atoms with Crippen LogP contribution in [-0.2, 0) is 0 Å². The fourth-order valence-corrected chi connectivity index (χ4v) is 1.36. The number of benzene rings is 1. The van der Waals surface area contributed by atoms with Gasteiger partial charge in [-0.3, -0.25) is 14.9 Å². The minimum Gasteiger partial charge on any atom is -0.500 e. The Kier molecular flexibility index (Phi) is 3.67. The number of phenols is 1. The number of nitro groups is 1. The summed E-state index contributed by atoms with van der Waals surface area (Å²) in [4.78, 5) is 21.7. The molecule has 0 aromatic heterocycles. The number of nitro benzene ring substituents is 1. The van der Waals surface area contributed by atoms with Crippen LogP contribution in [-0.4, -0.2) is 22.9 Å². The molecular weight excluding hydrogens is 226 g/mol. The Balaban J connectivity index is 3.40. The fraction of sp³-hybridized carbons (Fsp3) is 0.364. The first-order valence-corrected chi connectivity index (χ1v) is 4.98. The molecule has 17 heavy (non-hydrogen) atoms. The van der Waals surface area contributed by atoms with Gasteiger partial charge in [0.15, 0.2) is 11.5 Å². The van der Waals surface area contributed by atoms with Crippen molar-refractivity contribution in [3.63, 3.8) is 0 Å². The number of hydrogen-bond donors (Lipinski definition) is 1. The minimum atomic E-state index is -0.755. The molecule has 0 bridgehead atoms. The molecular formula is C11H13NO5. The number of carbonyl (C=O) groups is 1. The van der Waals surface area contributed by atoms with Crippen LogP contribution >= 0.6 is 0 Å². The van der Waals surface area contributed by atoms with Crippen molar-refractivity contribution in [3.05, 3.63) is 27.8 Å². The zero-order valence-electron chi connectivity index (χ0n) is 9.76. The van der Waals surface area contributed by atoms with Crippen LogP contribution in [0, 0.1) is 16.0 Å². The van der Waals surface area contributed by atoms with Gasteiger partial charge in [-0.1, -0.05) is 13.8 Å². The number of methoxy groups -OCH3 is 1. The van der Waals surface area contributed by atoms with Crippen LogP contribution in [0.4, 0.5) is 5.69 Å². The molecule has 0 saturated heterocycles. The summed E-state index contributed by atoms with van der Waals surface area (Å²) in [5.41, 5.74) is -0.380. The van der Waals surface area contributed by atoms with Crippen molar-refractivity contribution in [1.82, 2.24) is 0 Å². The Morgan fingerprint density at radius 2 is 2.06 bits per heavy atom. The molecule has 6 nitrogen and oxygen atoms in total. The number of hydrogen-bond acceptors (Lipinski definition) is 5. The highest BCUT2D eigenvalue weighted by Crippen LogP contribution is 2.37. The van der Waals surface area contributed by atoms with Gasteiger partial charge in [-0.25, -0.2) is 0 Å². The van der Waals surface area contributed by atoms with Gasteiger partial charge in [-0.2, -0.15) is 0 Å². The third-order valence-electron chi connectivity index (χ3n) is 2.28. The highest BCUT2D eigenvalue weighted by atomic mass is 16.6. The van der Waals surface area contributed by atoms with E-state index in [0.29, 0.717) is 0 Å². The molecule has 0 saturated carbocycles. The smallest absolute Gasteiger partial charge is 0.315 e. The summed E-state index contributed by atoms with van der Waals surface area (Å²) in [6.45, 7) is 3.38. The molecule has 0 amide bonds. The van der Waals surface area contributed by atoms with E-state index < -0.39 is 16.4 Å². The quantitative estimate of drug-likeness (QED) is 0.494. The molecule has 0 aliphatic heterocycles. The van der Waals surface area contributed by atoms with Crippen molar-refractivity contribution in [2.45, 2.75) is 13.8 Å². The van der Waals surface area contributed by atoms with E-state index in [1.54, 1.807) is 13.8 Å². The summed E-state index contributed by atoms with van der Waals surface area (Å²) in [7, 11) is 1.27. The lowest BCUT2D eigenvalue weighted by atomic mass is 10.00. The van der Waals surface area contributed by atoms with E-state index in [1.165, 1.54) is 13.2 Å². The molecule has 92 valence electrons. The molecule has 0 aliphatic rings. The van der Waals surface area contributed by atoms with Crippen LogP contribution in [0.15, 0.2) is 12.1 Å². The van der Waals surface area contributed by atoms with E-state index in [9.17, 15) is 20.0 Å². The predicted octanol–water partition coefficient (Wildman–Crippen LogP) is 2.15. The second-order valence-electron chi connectivity index (χ2n) is 3.82. The zero-order valence-corrected chi connectivity index (χ0v) is 9.76. The second kappa shape index (κ2) is 4.82. The predicted molar refractivity (Wildman–Crippen MR) is 60.5 cm³/mol. The number of phenolic OH excluding ortho intramolecular Hbond substituents is 1. The largest absolute Gasteiger partial charge is 0.500 e. The maximum atomic E-state index is 11.7. The van der Waals surface area contributed by atoms with Gasteiger partial charge in [-0.05, 0) is 6.07 Å². The van der Waals surface area contributed by atoms with Crippen molar-refractivity contribution in [1.29, 1.82) is 0 Å². The first kappa shape index (κ1) is 13.0. The molecule has 0 heterocycles. The van der Waals surface area contributed by atoms with Gasteiger partial charge >= 0.3 is 5.69 Å². The SMILES string of the molecule is COc1cc(C(=O)C(C)C)cc([N+](=O)[O-])c1O. The van der Waals surface area contributed by atoms with Crippen LogP contribution in [0.5, 0.6) is 11.5 Å². The lowest BCUT2D eigenvalue weighted by Crippen LogP contribution is -2.08. The van der Waals surface area contributed by atoms with Gasteiger partial charge < -0.3 is 9.84 Å². The van der Waals surface area contributed by atoms with Crippen LogP contribution < -0.4 is 4.74 Å². The van der Waals surface area contributed by atoms with Crippen LogP contribution in [0.3, 0.4) is 0 Å². The molecule has 6 heteroatoms. The molecule has 0 aliphatic carbocycles. The van der Waals surface area contributed by atoms with Crippen molar-refractivity contribution in [2.24, 2.45) is 5.92 Å². The molecule has 1 rings (SSSR count). The number of carbonyl (C=O) groups excluding carboxylic acids is 1. The van der Waals surface area contributed by atoms with Gasteiger partial charge in [0.1, 0.15) is 0 Å². The number of ether oxygens (including phenoxy) is 1. The summed E-state index contributed by atoms with van der Waals surface area (Å²) in [6, 6.07) is 2.35. The number of rotatable bonds is 4.